The smallest absolute Gasteiger partial charge is 0.226 e. The van der Waals surface area contributed by atoms with Crippen LogP contribution in [-0.4, -0.2) is 37.3 Å². The van der Waals surface area contributed by atoms with Crippen LogP contribution in [0.5, 0.6) is 0 Å². The maximum absolute atomic E-state index is 12.8. The first kappa shape index (κ1) is 15.7. The van der Waals surface area contributed by atoms with Crippen LogP contribution in [0.3, 0.4) is 0 Å². The van der Waals surface area contributed by atoms with Crippen LogP contribution in [0.15, 0.2) is 30.2 Å². The fourth-order valence-electron chi connectivity index (χ4n) is 3.39. The van der Waals surface area contributed by atoms with Crippen molar-refractivity contribution >= 4 is 27.1 Å². The van der Waals surface area contributed by atoms with Crippen LogP contribution in [-0.2, 0) is 21.2 Å². The lowest BCUT2D eigenvalue weighted by Gasteiger charge is -2.25. The highest BCUT2D eigenvalue weighted by molar-refractivity contribution is 7.91. The van der Waals surface area contributed by atoms with Gasteiger partial charge < -0.3 is 4.90 Å². The number of sulfone groups is 1. The van der Waals surface area contributed by atoms with Crippen molar-refractivity contribution in [1.82, 2.24) is 4.90 Å². The lowest BCUT2D eigenvalue weighted by atomic mass is 9.96. The Morgan fingerprint density at radius 3 is 2.77 bits per heavy atom. The molecule has 0 bridgehead atoms. The summed E-state index contributed by atoms with van der Waals surface area (Å²) in [6, 6.07) is 4.02. The number of hydrogen-bond acceptors (Lipinski definition) is 4. The van der Waals surface area contributed by atoms with Crippen LogP contribution in [0.2, 0.25) is 0 Å². The zero-order chi connectivity index (χ0) is 15.8. The first-order chi connectivity index (χ1) is 10.5. The molecule has 0 aromatic carbocycles. The van der Waals surface area contributed by atoms with Crippen molar-refractivity contribution in [3.05, 3.63) is 35.0 Å². The molecule has 0 radical (unpaired) electrons. The third-order valence-corrected chi connectivity index (χ3v) is 7.41. The molecule has 2 aliphatic rings. The van der Waals surface area contributed by atoms with Gasteiger partial charge in [0.15, 0.2) is 0 Å². The molecule has 1 saturated carbocycles. The van der Waals surface area contributed by atoms with Crippen molar-refractivity contribution in [2.24, 2.45) is 11.3 Å². The molecule has 1 aliphatic carbocycles. The summed E-state index contributed by atoms with van der Waals surface area (Å²) in [4.78, 5) is 15.8. The van der Waals surface area contributed by atoms with Gasteiger partial charge in [-0.15, -0.1) is 17.9 Å². The number of nitrogens with zero attached hydrogens (tertiary/aromatic N) is 1. The molecule has 6 heteroatoms. The summed E-state index contributed by atoms with van der Waals surface area (Å²) in [5, 5.41) is 2.01. The van der Waals surface area contributed by atoms with Gasteiger partial charge in [-0.25, -0.2) is 8.42 Å². The van der Waals surface area contributed by atoms with Gasteiger partial charge in [-0.3, -0.25) is 4.79 Å². The Balaban J connectivity index is 1.66. The summed E-state index contributed by atoms with van der Waals surface area (Å²) in [7, 11) is -2.87. The fourth-order valence-corrected chi connectivity index (χ4v) is 5.75. The van der Waals surface area contributed by atoms with Crippen molar-refractivity contribution in [2.75, 3.05) is 18.1 Å². The van der Waals surface area contributed by atoms with Crippen molar-refractivity contribution in [3.63, 3.8) is 0 Å². The zero-order valence-electron chi connectivity index (χ0n) is 12.5. The highest BCUT2D eigenvalue weighted by Gasteiger charge is 2.60. The van der Waals surface area contributed by atoms with Crippen LogP contribution in [0.1, 0.15) is 24.1 Å². The average Bonchev–Trinajstić information content (AvgIpc) is 2.94. The first-order valence-corrected chi connectivity index (χ1v) is 10.3. The Morgan fingerprint density at radius 1 is 1.45 bits per heavy atom. The molecule has 3 rings (SSSR count). The largest absolute Gasteiger partial charge is 0.334 e. The van der Waals surface area contributed by atoms with Gasteiger partial charge in [0, 0.05) is 17.3 Å². The number of thiophene rings is 1. The number of hydrogen-bond donors (Lipinski definition) is 0. The molecule has 1 aromatic rings. The van der Waals surface area contributed by atoms with E-state index in [0.717, 1.165) is 11.3 Å². The van der Waals surface area contributed by atoms with E-state index in [-0.39, 0.29) is 28.7 Å². The van der Waals surface area contributed by atoms with E-state index < -0.39 is 9.84 Å². The first-order valence-electron chi connectivity index (χ1n) is 7.58. The van der Waals surface area contributed by atoms with Gasteiger partial charge in [0.25, 0.3) is 0 Å². The second kappa shape index (κ2) is 5.81. The van der Waals surface area contributed by atoms with Crippen molar-refractivity contribution < 1.29 is 13.2 Å². The highest BCUT2D eigenvalue weighted by atomic mass is 32.2. The Bertz CT molecular complexity index is 650. The number of rotatable bonds is 5. The van der Waals surface area contributed by atoms with E-state index in [9.17, 15) is 13.2 Å². The van der Waals surface area contributed by atoms with E-state index in [1.54, 1.807) is 17.4 Å². The summed E-state index contributed by atoms with van der Waals surface area (Å²) < 4.78 is 23.2. The molecule has 1 atom stereocenters. The Kier molecular flexibility index (Phi) is 4.16. The summed E-state index contributed by atoms with van der Waals surface area (Å²) in [6.07, 6.45) is 3.89. The maximum Gasteiger partial charge on any atom is 0.226 e. The van der Waals surface area contributed by atoms with Gasteiger partial charge in [0.1, 0.15) is 9.84 Å². The normalized spacial score (nSPS) is 24.8. The predicted octanol–water partition coefficient (Wildman–Crippen LogP) is 2.48. The molecular formula is C16H21NO3S2. The lowest BCUT2D eigenvalue weighted by Crippen LogP contribution is -2.35. The van der Waals surface area contributed by atoms with Gasteiger partial charge in [0.05, 0.1) is 18.1 Å². The molecule has 1 aromatic heterocycles. The molecule has 1 spiro atoms. The maximum atomic E-state index is 12.8. The Hall–Kier alpha value is -1.14. The summed E-state index contributed by atoms with van der Waals surface area (Å²) in [5.74, 6) is 0.641. The van der Waals surface area contributed by atoms with Gasteiger partial charge in [-0.1, -0.05) is 12.1 Å². The molecule has 22 heavy (non-hydrogen) atoms. The average molecular weight is 339 g/mol. The number of carbonyl (C=O) groups is 1. The second-order valence-corrected chi connectivity index (χ2v) is 9.69. The van der Waals surface area contributed by atoms with E-state index in [1.807, 2.05) is 22.4 Å². The molecule has 1 saturated heterocycles. The summed E-state index contributed by atoms with van der Waals surface area (Å²) in [5.41, 5.74) is -0.0444. The zero-order valence-corrected chi connectivity index (χ0v) is 14.2. The van der Waals surface area contributed by atoms with E-state index in [0.29, 0.717) is 25.9 Å². The Morgan fingerprint density at radius 2 is 2.18 bits per heavy atom. The molecule has 2 fully saturated rings. The fraction of sp³-hybridized carbons (Fsp3) is 0.562. The minimum Gasteiger partial charge on any atom is -0.334 e. The van der Waals surface area contributed by atoms with Crippen LogP contribution in [0.4, 0.5) is 0 Å². The van der Waals surface area contributed by atoms with Crippen molar-refractivity contribution in [1.29, 1.82) is 0 Å². The van der Waals surface area contributed by atoms with Gasteiger partial charge in [-0.2, -0.15) is 0 Å². The number of amides is 1. The third-order valence-electron chi connectivity index (χ3n) is 4.90. The highest BCUT2D eigenvalue weighted by Crippen LogP contribution is 2.60. The quantitative estimate of drug-likeness (QED) is 0.775. The van der Waals surface area contributed by atoms with E-state index in [4.69, 9.17) is 0 Å². The molecule has 4 nitrogen and oxygen atoms in total. The van der Waals surface area contributed by atoms with Gasteiger partial charge in [0.2, 0.25) is 5.91 Å². The molecular weight excluding hydrogens is 318 g/mol. The van der Waals surface area contributed by atoms with Crippen LogP contribution in [0, 0.1) is 11.3 Å². The van der Waals surface area contributed by atoms with Gasteiger partial charge >= 0.3 is 0 Å². The molecule has 1 aliphatic heterocycles. The lowest BCUT2D eigenvalue weighted by molar-refractivity contribution is -0.133. The van der Waals surface area contributed by atoms with Crippen LogP contribution < -0.4 is 0 Å². The number of carbonyl (C=O) groups excluding carboxylic acids is 1. The third kappa shape index (κ3) is 3.13. The molecule has 1 amide bonds. The second-order valence-electron chi connectivity index (χ2n) is 6.36. The topological polar surface area (TPSA) is 54.5 Å². The van der Waals surface area contributed by atoms with Gasteiger partial charge in [-0.05, 0) is 36.1 Å². The standard InChI is InChI=1S/C16H21NO3S2/c1-2-7-17(12-13-4-3-8-21-13)15(18)14-11-16(14)5-9-22(19,20)10-6-16/h2-4,8,14H,1,5-7,9-12H2. The molecule has 2 heterocycles. The van der Waals surface area contributed by atoms with E-state index in [2.05, 4.69) is 6.58 Å². The SMILES string of the molecule is C=CCN(Cc1cccs1)C(=O)C1CC12CCS(=O)(=O)CC2. The summed E-state index contributed by atoms with van der Waals surface area (Å²) >= 11 is 1.65. The van der Waals surface area contributed by atoms with Crippen molar-refractivity contribution in [3.8, 4) is 0 Å². The molecule has 0 N–H and O–H groups in total. The van der Waals surface area contributed by atoms with Crippen molar-refractivity contribution in [2.45, 2.75) is 25.8 Å². The predicted molar refractivity (Wildman–Crippen MR) is 88.4 cm³/mol. The van der Waals surface area contributed by atoms with Crippen LogP contribution in [0.25, 0.3) is 0 Å². The minimum absolute atomic E-state index is 0.00270. The van der Waals surface area contributed by atoms with E-state index >= 15 is 0 Å². The minimum atomic E-state index is -2.87. The molecule has 1 unspecified atom stereocenters. The Labute approximate surface area is 135 Å². The molecule has 120 valence electrons. The van der Waals surface area contributed by atoms with Crippen LogP contribution >= 0.6 is 11.3 Å². The summed E-state index contributed by atoms with van der Waals surface area (Å²) in [6.45, 7) is 4.91. The van der Waals surface area contributed by atoms with E-state index in [1.165, 1.54) is 0 Å². The monoisotopic (exact) mass is 339 g/mol.